The van der Waals surface area contributed by atoms with E-state index in [0.717, 1.165) is 4.48 Å². The molecule has 0 fully saturated rings. The maximum atomic E-state index is 8.25. The smallest absolute Gasteiger partial charge is 0.0675 e. The Hall–Kier alpha value is -2.64. The minimum atomic E-state index is -0.500. The Morgan fingerprint density at radius 2 is 0.458 bits per heavy atom. The van der Waals surface area contributed by atoms with Crippen molar-refractivity contribution in [3.05, 3.63) is 0 Å². The standard InChI is InChI=1S/C4H12N.6CH2O2.V/c1-5(2,3)4;6*2-1-3;/h1-4H3;6*1H,(H,2,3);/q+1;;;;;;;/p-6. The molecule has 0 amide bonds. The van der Waals surface area contributed by atoms with E-state index in [-0.39, 0.29) is 18.6 Å². The molecule has 0 rings (SSSR count). The summed E-state index contributed by atoms with van der Waals surface area (Å²) in [5.74, 6) is 0. The molecule has 0 saturated heterocycles. The van der Waals surface area contributed by atoms with Gasteiger partial charge in [-0.05, 0) is 0 Å². The fourth-order valence-electron chi connectivity index (χ4n) is 0. The summed E-state index contributed by atoms with van der Waals surface area (Å²) in [5.41, 5.74) is 0. The van der Waals surface area contributed by atoms with E-state index in [1.165, 1.54) is 0 Å². The van der Waals surface area contributed by atoms with Crippen molar-refractivity contribution >= 4 is 38.8 Å². The molecule has 0 unspecified atom stereocenters. The van der Waals surface area contributed by atoms with Gasteiger partial charge in [-0.15, -0.1) is 0 Å². The van der Waals surface area contributed by atoms with Gasteiger partial charge in [0.1, 0.15) is 0 Å². The van der Waals surface area contributed by atoms with E-state index in [1.807, 2.05) is 0 Å². The average molecular weight is 395 g/mol. The number of nitrogens with zero attached hydrogens (tertiary/aromatic N) is 1. The van der Waals surface area contributed by atoms with Crippen molar-refractivity contribution in [2.75, 3.05) is 28.2 Å². The van der Waals surface area contributed by atoms with Crippen molar-refractivity contribution < 1.29 is 82.4 Å². The third kappa shape index (κ3) is 940. The van der Waals surface area contributed by atoms with Crippen molar-refractivity contribution in [3.8, 4) is 0 Å². The number of rotatable bonds is 0. The third-order valence-corrected chi connectivity index (χ3v) is 0. The molecule has 24 heavy (non-hydrogen) atoms. The first kappa shape index (κ1) is 49.6. The molecule has 0 atom stereocenters. The van der Waals surface area contributed by atoms with Crippen molar-refractivity contribution in [1.82, 2.24) is 0 Å². The molecule has 0 aromatic heterocycles. The molecule has 0 spiro atoms. The van der Waals surface area contributed by atoms with Crippen LogP contribution in [-0.2, 0) is 47.3 Å². The maximum Gasteiger partial charge on any atom is 0.0675 e. The van der Waals surface area contributed by atoms with Gasteiger partial charge in [0.05, 0.1) is 28.2 Å². The van der Waals surface area contributed by atoms with Crippen LogP contribution in [0.5, 0.6) is 0 Å². The van der Waals surface area contributed by atoms with E-state index in [0.29, 0.717) is 0 Å². The van der Waals surface area contributed by atoms with Gasteiger partial charge >= 0.3 is 0 Å². The predicted octanol–water partition coefficient (Wildman–Crippen LogP) is -9.48. The summed E-state index contributed by atoms with van der Waals surface area (Å²) in [6, 6.07) is 0. The molecule has 0 N–H and O–H groups in total. The summed E-state index contributed by atoms with van der Waals surface area (Å²) in [7, 11) is 8.50. The van der Waals surface area contributed by atoms with E-state index >= 15 is 0 Å². The van der Waals surface area contributed by atoms with E-state index in [4.69, 9.17) is 59.4 Å². The fraction of sp³-hybridized carbons (Fsp3) is 0.400. The number of quaternary nitrogens is 1. The molecular formula is C10H18NO12V-5. The molecule has 145 valence electrons. The second-order valence-electron chi connectivity index (χ2n) is 3.26. The first-order valence-corrected chi connectivity index (χ1v) is 4.62. The minimum absolute atomic E-state index is 0. The van der Waals surface area contributed by atoms with Gasteiger partial charge in [-0.2, -0.15) is 0 Å². The first-order chi connectivity index (χ1) is 10.5. The van der Waals surface area contributed by atoms with E-state index in [1.54, 1.807) is 0 Å². The maximum absolute atomic E-state index is 8.25. The Bertz CT molecular complexity index is 180. The third-order valence-electron chi connectivity index (χ3n) is 0. The largest absolute Gasteiger partial charge is 0.554 e. The quantitative estimate of drug-likeness (QED) is 0.274. The molecule has 0 aliphatic carbocycles. The van der Waals surface area contributed by atoms with Crippen LogP contribution in [0.1, 0.15) is 0 Å². The number of hydrogen-bond acceptors (Lipinski definition) is 12. The van der Waals surface area contributed by atoms with Crippen molar-refractivity contribution in [2.24, 2.45) is 0 Å². The van der Waals surface area contributed by atoms with Crippen LogP contribution in [0, 0.1) is 0 Å². The molecule has 0 aliphatic rings. The predicted molar refractivity (Wildman–Crippen MR) is 60.3 cm³/mol. The Balaban J connectivity index is -0.0000000209. The molecule has 14 heteroatoms. The minimum Gasteiger partial charge on any atom is -0.554 e. The van der Waals surface area contributed by atoms with Gasteiger partial charge in [0.15, 0.2) is 0 Å². The van der Waals surface area contributed by atoms with Gasteiger partial charge in [0.2, 0.25) is 0 Å². The molecule has 0 saturated carbocycles. The van der Waals surface area contributed by atoms with Gasteiger partial charge in [0.25, 0.3) is 0 Å². The summed E-state index contributed by atoms with van der Waals surface area (Å²) in [4.78, 5) is 49.5. The van der Waals surface area contributed by atoms with Crippen molar-refractivity contribution in [2.45, 2.75) is 0 Å². The van der Waals surface area contributed by atoms with Gasteiger partial charge < -0.3 is 63.9 Å². The van der Waals surface area contributed by atoms with Crippen LogP contribution in [0.15, 0.2) is 0 Å². The topological polar surface area (TPSA) is 241 Å². The summed E-state index contributed by atoms with van der Waals surface area (Å²) in [6.45, 7) is -3.00. The molecule has 0 heterocycles. The molecule has 0 aromatic carbocycles. The van der Waals surface area contributed by atoms with Crippen LogP contribution in [0.25, 0.3) is 0 Å². The van der Waals surface area contributed by atoms with E-state index in [9.17, 15) is 0 Å². The fourth-order valence-corrected chi connectivity index (χ4v) is 0. The second kappa shape index (κ2) is 87.1. The summed E-state index contributed by atoms with van der Waals surface area (Å²) in [6.07, 6.45) is 0. The summed E-state index contributed by atoms with van der Waals surface area (Å²) in [5, 5.41) is 49.5. The Kier molecular flexibility index (Phi) is 180. The van der Waals surface area contributed by atoms with Gasteiger partial charge in [-0.25, -0.2) is 0 Å². The van der Waals surface area contributed by atoms with Gasteiger partial charge in [0, 0.05) is 57.4 Å². The summed E-state index contributed by atoms with van der Waals surface area (Å²) >= 11 is 0. The van der Waals surface area contributed by atoms with Crippen molar-refractivity contribution in [3.63, 3.8) is 0 Å². The number of carbonyl (C=O) groups excluding carboxylic acids is 6. The first-order valence-electron chi connectivity index (χ1n) is 4.62. The second-order valence-corrected chi connectivity index (χ2v) is 3.26. The van der Waals surface area contributed by atoms with Gasteiger partial charge in [-0.1, -0.05) is 0 Å². The zero-order valence-corrected chi connectivity index (χ0v) is 14.7. The molecule has 0 bridgehead atoms. The van der Waals surface area contributed by atoms with Crippen LogP contribution in [0.4, 0.5) is 0 Å². The zero-order valence-electron chi connectivity index (χ0n) is 13.3. The Morgan fingerprint density at radius 3 is 0.458 bits per heavy atom. The zero-order chi connectivity index (χ0) is 20.7. The number of hydrogen-bond donors (Lipinski definition) is 0. The Morgan fingerprint density at radius 1 is 0.458 bits per heavy atom. The van der Waals surface area contributed by atoms with Crippen LogP contribution >= 0.6 is 0 Å². The van der Waals surface area contributed by atoms with Crippen molar-refractivity contribution in [1.29, 1.82) is 0 Å². The molecule has 0 aromatic rings. The summed E-state index contributed by atoms with van der Waals surface area (Å²) < 4.78 is 1.00. The normalized spacial score (nSPS) is 5.50. The molecule has 1 radical (unpaired) electrons. The molecule has 0 aliphatic heterocycles. The van der Waals surface area contributed by atoms with Gasteiger partial charge in [-0.3, -0.25) is 0 Å². The van der Waals surface area contributed by atoms with Crippen LogP contribution in [-0.4, -0.2) is 71.5 Å². The van der Waals surface area contributed by atoms with E-state index in [2.05, 4.69) is 28.2 Å². The Labute approximate surface area is 150 Å². The average Bonchev–Trinajstić information content (AvgIpc) is 2.31. The number of carbonyl (C=O) groups is 6. The monoisotopic (exact) mass is 395 g/mol. The number of carboxylic acid groups (broad SMARTS) is 6. The SMILES string of the molecule is C[N+](C)(C)C.O=C[O-].O=C[O-].O=C[O-].O=C[O-].O=C[O-].O=C[O-].[V]. The van der Waals surface area contributed by atoms with Crippen LogP contribution < -0.4 is 30.6 Å². The molecule has 13 nitrogen and oxygen atoms in total. The van der Waals surface area contributed by atoms with Crippen LogP contribution in [0.3, 0.4) is 0 Å². The van der Waals surface area contributed by atoms with E-state index < -0.39 is 38.8 Å². The molecular weight excluding hydrogens is 377 g/mol. The van der Waals surface area contributed by atoms with Crippen LogP contribution in [0.2, 0.25) is 0 Å².